The van der Waals surface area contributed by atoms with Crippen molar-refractivity contribution in [3.05, 3.63) is 30.1 Å². The average Bonchev–Trinajstić information content (AvgIpc) is 2.22. The second kappa shape index (κ2) is 7.61. The highest BCUT2D eigenvalue weighted by atomic mass is 32.2. The summed E-state index contributed by atoms with van der Waals surface area (Å²) in [6.07, 6.45) is 0.552. The SMILES string of the molecule is CCCS(=O)(=O)Nc1ccc(F)cc1.O=CO. The molecule has 0 aliphatic rings. The summed E-state index contributed by atoms with van der Waals surface area (Å²) in [7, 11) is -3.27. The molecule has 0 atom stereocenters. The number of hydrogen-bond acceptors (Lipinski definition) is 3. The van der Waals surface area contributed by atoms with Crippen molar-refractivity contribution in [3.8, 4) is 0 Å². The maximum absolute atomic E-state index is 12.5. The van der Waals surface area contributed by atoms with Crippen LogP contribution in [-0.4, -0.2) is 25.7 Å². The second-order valence-corrected chi connectivity index (χ2v) is 4.88. The van der Waals surface area contributed by atoms with E-state index in [2.05, 4.69) is 4.72 Å². The van der Waals surface area contributed by atoms with Crippen LogP contribution in [0.15, 0.2) is 24.3 Å². The molecule has 2 N–H and O–H groups in total. The smallest absolute Gasteiger partial charge is 0.290 e. The molecule has 0 fully saturated rings. The third kappa shape index (κ3) is 7.29. The lowest BCUT2D eigenvalue weighted by Gasteiger charge is -2.05. The molecule has 17 heavy (non-hydrogen) atoms. The van der Waals surface area contributed by atoms with E-state index in [9.17, 15) is 12.8 Å². The van der Waals surface area contributed by atoms with Gasteiger partial charge in [-0.3, -0.25) is 9.52 Å². The minimum atomic E-state index is -3.27. The van der Waals surface area contributed by atoms with Gasteiger partial charge in [0.2, 0.25) is 10.0 Å². The van der Waals surface area contributed by atoms with Crippen molar-refractivity contribution in [1.82, 2.24) is 0 Å². The maximum atomic E-state index is 12.5. The largest absolute Gasteiger partial charge is 0.483 e. The van der Waals surface area contributed by atoms with Gasteiger partial charge in [-0.25, -0.2) is 12.8 Å². The zero-order valence-corrected chi connectivity index (χ0v) is 10.1. The number of halogens is 1. The minimum Gasteiger partial charge on any atom is -0.483 e. The summed E-state index contributed by atoms with van der Waals surface area (Å²) >= 11 is 0. The number of anilines is 1. The summed E-state index contributed by atoms with van der Waals surface area (Å²) < 4.78 is 37.4. The molecule has 1 rings (SSSR count). The normalized spacial score (nSPS) is 10.0. The first kappa shape index (κ1) is 15.4. The first-order valence-electron chi connectivity index (χ1n) is 4.79. The van der Waals surface area contributed by atoms with Crippen LogP contribution in [0.25, 0.3) is 0 Å². The Kier molecular flexibility index (Phi) is 6.88. The first-order valence-corrected chi connectivity index (χ1v) is 6.44. The fraction of sp³-hybridized carbons (Fsp3) is 0.300. The van der Waals surface area contributed by atoms with E-state index in [1.165, 1.54) is 24.3 Å². The Labute approximate surface area is 99.3 Å². The molecule has 0 unspecified atom stereocenters. The van der Waals surface area contributed by atoms with Gasteiger partial charge >= 0.3 is 0 Å². The molecule has 0 bridgehead atoms. The molecule has 0 spiro atoms. The van der Waals surface area contributed by atoms with Crippen LogP contribution >= 0.6 is 0 Å². The van der Waals surface area contributed by atoms with E-state index in [-0.39, 0.29) is 18.0 Å². The summed E-state index contributed by atoms with van der Waals surface area (Å²) in [4.78, 5) is 8.36. The number of hydrogen-bond donors (Lipinski definition) is 2. The van der Waals surface area contributed by atoms with Crippen molar-refractivity contribution in [2.75, 3.05) is 10.5 Å². The summed E-state index contributed by atoms with van der Waals surface area (Å²) in [5.74, 6) is -0.312. The van der Waals surface area contributed by atoms with Crippen LogP contribution in [0, 0.1) is 5.82 Å². The van der Waals surface area contributed by atoms with E-state index in [1.54, 1.807) is 6.92 Å². The summed E-state index contributed by atoms with van der Waals surface area (Å²) in [6.45, 7) is 1.53. The second-order valence-electron chi connectivity index (χ2n) is 3.03. The quantitative estimate of drug-likeness (QED) is 0.809. The van der Waals surface area contributed by atoms with E-state index >= 15 is 0 Å². The lowest BCUT2D eigenvalue weighted by molar-refractivity contribution is -0.122. The monoisotopic (exact) mass is 263 g/mol. The molecular formula is C10H14FNO4S. The lowest BCUT2D eigenvalue weighted by atomic mass is 10.3. The molecule has 0 radical (unpaired) electrons. The molecule has 0 heterocycles. The topological polar surface area (TPSA) is 83.5 Å². The van der Waals surface area contributed by atoms with Crippen LogP contribution in [0.2, 0.25) is 0 Å². The molecule has 0 aromatic heterocycles. The highest BCUT2D eigenvalue weighted by Gasteiger charge is 2.07. The molecule has 0 amide bonds. The van der Waals surface area contributed by atoms with Crippen LogP contribution < -0.4 is 4.72 Å². The maximum Gasteiger partial charge on any atom is 0.290 e. The van der Waals surface area contributed by atoms with Gasteiger partial charge in [0.15, 0.2) is 0 Å². The Morgan fingerprint density at radius 3 is 2.24 bits per heavy atom. The molecule has 5 nitrogen and oxygen atoms in total. The van der Waals surface area contributed by atoms with Crippen molar-refractivity contribution in [2.45, 2.75) is 13.3 Å². The molecule has 0 aliphatic carbocycles. The zero-order valence-electron chi connectivity index (χ0n) is 9.26. The highest BCUT2D eigenvalue weighted by molar-refractivity contribution is 7.92. The van der Waals surface area contributed by atoms with E-state index in [4.69, 9.17) is 9.90 Å². The first-order chi connectivity index (χ1) is 7.95. The Morgan fingerprint density at radius 2 is 1.82 bits per heavy atom. The van der Waals surface area contributed by atoms with Gasteiger partial charge in [-0.15, -0.1) is 0 Å². The van der Waals surface area contributed by atoms with Crippen molar-refractivity contribution >= 4 is 22.2 Å². The highest BCUT2D eigenvalue weighted by Crippen LogP contribution is 2.10. The molecular weight excluding hydrogens is 249 g/mol. The van der Waals surface area contributed by atoms with Gasteiger partial charge in [-0.2, -0.15) is 0 Å². The Bertz CT molecular complexity index is 430. The molecule has 7 heteroatoms. The van der Waals surface area contributed by atoms with Crippen LogP contribution in [0.5, 0.6) is 0 Å². The molecule has 0 saturated heterocycles. The van der Waals surface area contributed by atoms with Gasteiger partial charge in [0.25, 0.3) is 6.47 Å². The van der Waals surface area contributed by atoms with Crippen LogP contribution in [0.4, 0.5) is 10.1 Å². The summed E-state index contributed by atoms with van der Waals surface area (Å²) in [5.41, 5.74) is 0.389. The van der Waals surface area contributed by atoms with Gasteiger partial charge in [-0.1, -0.05) is 6.92 Å². The van der Waals surface area contributed by atoms with Crippen molar-refractivity contribution in [2.24, 2.45) is 0 Å². The summed E-state index contributed by atoms with van der Waals surface area (Å²) in [6, 6.07) is 5.21. The Hall–Kier alpha value is -1.63. The Morgan fingerprint density at radius 1 is 1.35 bits per heavy atom. The van der Waals surface area contributed by atoms with Crippen LogP contribution in [0.1, 0.15) is 13.3 Å². The average molecular weight is 263 g/mol. The molecule has 0 saturated carbocycles. The minimum absolute atomic E-state index is 0.0738. The van der Waals surface area contributed by atoms with Crippen molar-refractivity contribution < 1.29 is 22.7 Å². The fourth-order valence-corrected chi connectivity index (χ4v) is 2.15. The standard InChI is InChI=1S/C9H12FNO2S.CH2O2/c1-2-7-14(12,13)11-9-5-3-8(10)4-6-9;2-1-3/h3-6,11H,2,7H2,1H3;1H,(H,2,3). The van der Waals surface area contributed by atoms with Crippen LogP contribution in [0.3, 0.4) is 0 Å². The number of benzene rings is 1. The van der Waals surface area contributed by atoms with E-state index < -0.39 is 10.0 Å². The summed E-state index contributed by atoms with van der Waals surface area (Å²) in [5, 5.41) is 6.89. The van der Waals surface area contributed by atoms with Gasteiger partial charge in [0, 0.05) is 5.69 Å². The predicted molar refractivity (Wildman–Crippen MR) is 62.8 cm³/mol. The lowest BCUT2D eigenvalue weighted by Crippen LogP contribution is -2.15. The van der Waals surface area contributed by atoms with Crippen molar-refractivity contribution in [1.29, 1.82) is 0 Å². The van der Waals surface area contributed by atoms with E-state index in [1.807, 2.05) is 0 Å². The number of sulfonamides is 1. The molecule has 1 aromatic carbocycles. The van der Waals surface area contributed by atoms with E-state index in [0.29, 0.717) is 12.1 Å². The van der Waals surface area contributed by atoms with Gasteiger partial charge in [0.05, 0.1) is 5.75 Å². The van der Waals surface area contributed by atoms with Crippen molar-refractivity contribution in [3.63, 3.8) is 0 Å². The van der Waals surface area contributed by atoms with Crippen LogP contribution in [-0.2, 0) is 14.8 Å². The number of rotatable bonds is 4. The number of carboxylic acid groups (broad SMARTS) is 1. The molecule has 96 valence electrons. The fourth-order valence-electron chi connectivity index (χ4n) is 1.02. The third-order valence-corrected chi connectivity index (χ3v) is 3.08. The van der Waals surface area contributed by atoms with Gasteiger partial charge < -0.3 is 5.11 Å². The molecule has 1 aromatic rings. The molecule has 0 aliphatic heterocycles. The number of carbonyl (C=O) groups is 1. The Balaban J connectivity index is 0.000000770. The van der Waals surface area contributed by atoms with Gasteiger partial charge in [0.1, 0.15) is 5.82 Å². The predicted octanol–water partition coefficient (Wildman–Crippen LogP) is 1.68. The van der Waals surface area contributed by atoms with E-state index in [0.717, 1.165) is 0 Å². The zero-order chi connectivity index (χ0) is 13.3. The number of nitrogens with one attached hydrogen (secondary N) is 1. The third-order valence-electron chi connectivity index (χ3n) is 1.59. The van der Waals surface area contributed by atoms with Gasteiger partial charge in [-0.05, 0) is 30.7 Å².